The Labute approximate surface area is 211 Å². The first kappa shape index (κ1) is 24.8. The van der Waals surface area contributed by atoms with Gasteiger partial charge in [-0.25, -0.2) is 8.78 Å². The Morgan fingerprint density at radius 1 is 1.03 bits per heavy atom. The molecule has 2 heterocycles. The van der Waals surface area contributed by atoms with E-state index in [1.54, 1.807) is 11.9 Å². The highest BCUT2D eigenvalue weighted by Gasteiger charge is 2.33. The van der Waals surface area contributed by atoms with Crippen molar-refractivity contribution in [3.63, 3.8) is 0 Å². The Balaban J connectivity index is 1.26. The molecule has 190 valence electrons. The third-order valence-corrected chi connectivity index (χ3v) is 7.53. The van der Waals surface area contributed by atoms with Crippen LogP contribution >= 0.6 is 0 Å². The molecular formula is C29H33F2N3O2. The zero-order chi connectivity index (χ0) is 25.1. The number of hydrogen-bond donors (Lipinski definition) is 0. The first-order chi connectivity index (χ1) is 17.5. The number of morpholine rings is 1. The molecule has 5 nitrogen and oxygen atoms in total. The van der Waals surface area contributed by atoms with E-state index in [1.807, 2.05) is 36.4 Å². The summed E-state index contributed by atoms with van der Waals surface area (Å²) < 4.78 is 33.4. The molecule has 5 rings (SSSR count). The maximum absolute atomic E-state index is 14.3. The number of amides is 1. The van der Waals surface area contributed by atoms with E-state index in [2.05, 4.69) is 9.80 Å². The minimum atomic E-state index is -0.423. The Kier molecular flexibility index (Phi) is 7.60. The first-order valence-electron chi connectivity index (χ1n) is 12.7. The summed E-state index contributed by atoms with van der Waals surface area (Å²) in [6.07, 6.45) is 0.850. The van der Waals surface area contributed by atoms with Crippen molar-refractivity contribution in [3.05, 3.63) is 83.4 Å². The number of carbonyl (C=O) groups is 1. The summed E-state index contributed by atoms with van der Waals surface area (Å²) in [7, 11) is 1.76. The molecule has 0 radical (unpaired) electrons. The van der Waals surface area contributed by atoms with E-state index in [0.29, 0.717) is 23.5 Å². The summed E-state index contributed by atoms with van der Waals surface area (Å²) in [6.45, 7) is 7.08. The predicted octanol–water partition coefficient (Wildman–Crippen LogP) is 4.38. The highest BCUT2D eigenvalue weighted by atomic mass is 19.1. The van der Waals surface area contributed by atoms with Crippen LogP contribution in [0.5, 0.6) is 0 Å². The average Bonchev–Trinajstić information content (AvgIpc) is 2.87. The zero-order valence-electron chi connectivity index (χ0n) is 20.7. The van der Waals surface area contributed by atoms with E-state index in [-0.39, 0.29) is 17.6 Å². The maximum Gasteiger partial charge on any atom is 0.254 e. The molecule has 3 aromatic rings. The number of carbonyl (C=O) groups excluding carboxylic acids is 1. The fraction of sp³-hybridized carbons (Fsp3) is 0.414. The highest BCUT2D eigenvalue weighted by molar-refractivity contribution is 6.07. The van der Waals surface area contributed by atoms with Gasteiger partial charge in [-0.15, -0.1) is 0 Å². The molecule has 1 unspecified atom stereocenters. The van der Waals surface area contributed by atoms with E-state index in [1.165, 1.54) is 24.3 Å². The van der Waals surface area contributed by atoms with Crippen molar-refractivity contribution in [2.75, 3.05) is 59.5 Å². The SMILES string of the molecule is CN(CC(CCN1CC(N2CCOCC2)C1)c1ccc(F)cc1)C(=O)c1cc(F)cc2ccccc12. The third-order valence-electron chi connectivity index (χ3n) is 7.53. The molecule has 7 heteroatoms. The Morgan fingerprint density at radius 2 is 1.75 bits per heavy atom. The lowest BCUT2D eigenvalue weighted by Gasteiger charge is -2.47. The van der Waals surface area contributed by atoms with E-state index in [9.17, 15) is 13.6 Å². The quantitative estimate of drug-likeness (QED) is 0.467. The summed E-state index contributed by atoms with van der Waals surface area (Å²) in [5.74, 6) is -0.867. The van der Waals surface area contributed by atoms with E-state index in [0.717, 1.165) is 63.3 Å². The fourth-order valence-corrected chi connectivity index (χ4v) is 5.41. The van der Waals surface area contributed by atoms with Gasteiger partial charge in [-0.2, -0.15) is 0 Å². The number of benzene rings is 3. The second kappa shape index (κ2) is 11.0. The number of halogens is 2. The number of fused-ring (bicyclic) bond motifs is 1. The normalized spacial score (nSPS) is 18.2. The van der Waals surface area contributed by atoms with Crippen LogP contribution in [0, 0.1) is 11.6 Å². The summed E-state index contributed by atoms with van der Waals surface area (Å²) in [4.78, 5) is 20.0. The summed E-state index contributed by atoms with van der Waals surface area (Å²) in [5.41, 5.74) is 1.37. The first-order valence-corrected chi connectivity index (χ1v) is 12.7. The van der Waals surface area contributed by atoms with Gasteiger partial charge in [-0.3, -0.25) is 9.69 Å². The summed E-state index contributed by atoms with van der Waals surface area (Å²) >= 11 is 0. The number of ether oxygens (including phenoxy) is 1. The maximum atomic E-state index is 14.3. The van der Waals surface area contributed by atoms with Crippen LogP contribution in [0.4, 0.5) is 8.78 Å². The monoisotopic (exact) mass is 493 g/mol. The van der Waals surface area contributed by atoms with Crippen molar-refractivity contribution >= 4 is 16.7 Å². The second-order valence-electron chi connectivity index (χ2n) is 9.96. The van der Waals surface area contributed by atoms with Crippen LogP contribution in [0.3, 0.4) is 0 Å². The number of likely N-dealkylation sites (tertiary alicyclic amines) is 1. The molecule has 0 aromatic heterocycles. The van der Waals surface area contributed by atoms with E-state index >= 15 is 0 Å². The van der Waals surface area contributed by atoms with Crippen LogP contribution in [0.15, 0.2) is 60.7 Å². The minimum Gasteiger partial charge on any atom is -0.379 e. The van der Waals surface area contributed by atoms with Crippen molar-refractivity contribution in [2.24, 2.45) is 0 Å². The Hall–Kier alpha value is -2.87. The molecule has 2 aliphatic heterocycles. The van der Waals surface area contributed by atoms with Crippen molar-refractivity contribution in [3.8, 4) is 0 Å². The van der Waals surface area contributed by atoms with Crippen LogP contribution in [0.25, 0.3) is 10.8 Å². The lowest BCUT2D eigenvalue weighted by Crippen LogP contribution is -2.61. The number of rotatable bonds is 8. The van der Waals surface area contributed by atoms with E-state index in [4.69, 9.17) is 4.74 Å². The smallest absolute Gasteiger partial charge is 0.254 e. The molecule has 1 atom stereocenters. The molecule has 0 N–H and O–H groups in total. The lowest BCUT2D eigenvalue weighted by molar-refractivity contribution is -0.0326. The van der Waals surface area contributed by atoms with Gasteiger partial charge in [0.05, 0.1) is 18.8 Å². The Morgan fingerprint density at radius 3 is 2.50 bits per heavy atom. The third kappa shape index (κ3) is 5.59. The molecular weight excluding hydrogens is 460 g/mol. The van der Waals surface area contributed by atoms with E-state index < -0.39 is 5.82 Å². The minimum absolute atomic E-state index is 0.0433. The highest BCUT2D eigenvalue weighted by Crippen LogP contribution is 2.27. The molecule has 0 spiro atoms. The predicted molar refractivity (Wildman–Crippen MR) is 137 cm³/mol. The summed E-state index contributed by atoms with van der Waals surface area (Å²) in [6, 6.07) is 17.3. The second-order valence-corrected chi connectivity index (χ2v) is 9.96. The Bertz CT molecular complexity index is 1190. The van der Waals surface area contributed by atoms with Gasteiger partial charge in [0.2, 0.25) is 0 Å². The van der Waals surface area contributed by atoms with Gasteiger partial charge in [-0.05, 0) is 53.6 Å². The van der Waals surface area contributed by atoms with Crippen LogP contribution in [0.1, 0.15) is 28.3 Å². The van der Waals surface area contributed by atoms with Gasteiger partial charge in [0.25, 0.3) is 5.91 Å². The molecule has 36 heavy (non-hydrogen) atoms. The fourth-order valence-electron chi connectivity index (χ4n) is 5.41. The average molecular weight is 494 g/mol. The van der Waals surface area contributed by atoms with Crippen LogP contribution in [-0.4, -0.2) is 86.2 Å². The van der Waals surface area contributed by atoms with Gasteiger partial charge in [0.15, 0.2) is 0 Å². The largest absolute Gasteiger partial charge is 0.379 e. The standard InChI is InChI=1S/C29H33F2N3O2/c1-32(29(35)28-17-25(31)16-22-4-2-3-5-27(22)28)18-23(21-6-8-24(30)9-7-21)10-11-33-19-26(20-33)34-12-14-36-15-13-34/h2-9,16-17,23,26H,10-15,18-20H2,1H3. The molecule has 0 saturated carbocycles. The van der Waals surface area contributed by atoms with Crippen molar-refractivity contribution < 1.29 is 18.3 Å². The molecule has 2 aliphatic rings. The molecule has 2 fully saturated rings. The molecule has 1 amide bonds. The molecule has 2 saturated heterocycles. The number of likely N-dealkylation sites (N-methyl/N-ethyl adjacent to an activating group) is 1. The van der Waals surface area contributed by atoms with Crippen LogP contribution < -0.4 is 0 Å². The molecule has 0 aliphatic carbocycles. The van der Waals surface area contributed by atoms with Gasteiger partial charge in [0, 0.05) is 51.7 Å². The molecule has 0 bridgehead atoms. The topological polar surface area (TPSA) is 36.0 Å². The van der Waals surface area contributed by atoms with Crippen molar-refractivity contribution in [2.45, 2.75) is 18.4 Å². The van der Waals surface area contributed by atoms with Gasteiger partial charge in [-0.1, -0.05) is 36.4 Å². The van der Waals surface area contributed by atoms with Crippen LogP contribution in [0.2, 0.25) is 0 Å². The molecule has 3 aromatic carbocycles. The number of nitrogens with zero attached hydrogens (tertiary/aromatic N) is 3. The van der Waals surface area contributed by atoms with Gasteiger partial charge < -0.3 is 14.5 Å². The van der Waals surface area contributed by atoms with Gasteiger partial charge >= 0.3 is 0 Å². The summed E-state index contributed by atoms with van der Waals surface area (Å²) in [5, 5.41) is 1.45. The van der Waals surface area contributed by atoms with Crippen LogP contribution in [-0.2, 0) is 4.74 Å². The number of hydrogen-bond acceptors (Lipinski definition) is 4. The lowest BCUT2D eigenvalue weighted by atomic mass is 9.93. The van der Waals surface area contributed by atoms with Crippen molar-refractivity contribution in [1.29, 1.82) is 0 Å². The van der Waals surface area contributed by atoms with Crippen molar-refractivity contribution in [1.82, 2.24) is 14.7 Å². The van der Waals surface area contributed by atoms with Gasteiger partial charge in [0.1, 0.15) is 11.6 Å². The zero-order valence-corrected chi connectivity index (χ0v) is 20.7.